The molecule has 3 N–H and O–H groups in total. The second kappa shape index (κ2) is 53.8. The molecule has 0 amide bonds. The first-order valence-electron chi connectivity index (χ1n) is 32.0. The molecule has 19 heteroatoms. The average molecular weight is 1190 g/mol. The van der Waals surface area contributed by atoms with Crippen LogP contribution in [0.4, 0.5) is 0 Å². The Morgan fingerprint density at radius 2 is 0.637 bits per heavy atom. The fourth-order valence-electron chi connectivity index (χ4n) is 8.97. The van der Waals surface area contributed by atoms with Crippen LogP contribution in [0.2, 0.25) is 0 Å². The fraction of sp³-hybridized carbons (Fsp3) is 0.934. The standard InChI is InChI=1S/C61H118O17P2/c1-7-10-12-14-23-31-37-43-58(63)71-49-56(77-60(65)45-39-33-24-15-13-11-8-2)51-75-79(67,68)73-47-55(62)48-74-80(69,70)76-52-57(50-72-59(64)44-38-32-27-22-21-26-30-36-42-54(6)9-3)78-61(66)46-40-34-28-20-18-16-17-19-25-29-35-41-53(4)5/h53-57,62H,7-52H2,1-6H3,(H,67,68)(H,69,70)/t54?,55-,56+,57+/m0/s1. The number of hydrogen-bond donors (Lipinski definition) is 3. The maximum atomic E-state index is 12.9. The second-order valence-electron chi connectivity index (χ2n) is 22.8. The van der Waals surface area contributed by atoms with E-state index in [-0.39, 0.29) is 25.7 Å². The Hall–Kier alpha value is -1.94. The lowest BCUT2D eigenvalue weighted by Crippen LogP contribution is -2.30. The number of rotatable bonds is 60. The number of carbonyl (C=O) groups is 4. The Morgan fingerprint density at radius 1 is 0.362 bits per heavy atom. The molecule has 0 radical (unpaired) electrons. The summed E-state index contributed by atoms with van der Waals surface area (Å²) in [7, 11) is -9.87. The molecular formula is C61H118O17P2. The predicted molar refractivity (Wildman–Crippen MR) is 317 cm³/mol. The van der Waals surface area contributed by atoms with E-state index >= 15 is 0 Å². The van der Waals surface area contributed by atoms with Gasteiger partial charge in [0.05, 0.1) is 26.4 Å². The van der Waals surface area contributed by atoms with E-state index < -0.39 is 97.5 Å². The van der Waals surface area contributed by atoms with Crippen molar-refractivity contribution in [3.8, 4) is 0 Å². The van der Waals surface area contributed by atoms with E-state index in [1.807, 2.05) is 0 Å². The Balaban J connectivity index is 5.20. The number of ether oxygens (including phenoxy) is 4. The number of phosphoric ester groups is 2. The molecule has 0 saturated heterocycles. The lowest BCUT2D eigenvalue weighted by Gasteiger charge is -2.21. The molecule has 0 aliphatic carbocycles. The number of hydrogen-bond acceptors (Lipinski definition) is 15. The van der Waals surface area contributed by atoms with E-state index in [2.05, 4.69) is 41.5 Å². The molecular weight excluding hydrogens is 1070 g/mol. The van der Waals surface area contributed by atoms with Crippen LogP contribution in [-0.2, 0) is 65.4 Å². The van der Waals surface area contributed by atoms with E-state index in [0.717, 1.165) is 127 Å². The quantitative estimate of drug-likeness (QED) is 0.0222. The molecule has 3 unspecified atom stereocenters. The van der Waals surface area contributed by atoms with Crippen LogP contribution in [0, 0.1) is 11.8 Å². The van der Waals surface area contributed by atoms with Crippen molar-refractivity contribution in [3.05, 3.63) is 0 Å². The molecule has 0 aromatic rings. The largest absolute Gasteiger partial charge is 0.472 e. The van der Waals surface area contributed by atoms with E-state index in [1.165, 1.54) is 89.9 Å². The lowest BCUT2D eigenvalue weighted by atomic mass is 9.99. The van der Waals surface area contributed by atoms with Crippen LogP contribution in [0.1, 0.15) is 298 Å². The first-order chi connectivity index (χ1) is 38.4. The number of aliphatic hydroxyl groups is 1. The summed E-state index contributed by atoms with van der Waals surface area (Å²) >= 11 is 0. The molecule has 0 rings (SSSR count). The smallest absolute Gasteiger partial charge is 0.462 e. The van der Waals surface area contributed by atoms with Gasteiger partial charge in [0.25, 0.3) is 0 Å². The molecule has 80 heavy (non-hydrogen) atoms. The molecule has 0 heterocycles. The van der Waals surface area contributed by atoms with Gasteiger partial charge < -0.3 is 33.8 Å². The molecule has 0 aliphatic rings. The molecule has 0 aromatic carbocycles. The van der Waals surface area contributed by atoms with Crippen LogP contribution >= 0.6 is 15.6 Å². The van der Waals surface area contributed by atoms with Gasteiger partial charge in [0.15, 0.2) is 12.2 Å². The van der Waals surface area contributed by atoms with Crippen LogP contribution in [-0.4, -0.2) is 96.7 Å². The highest BCUT2D eigenvalue weighted by atomic mass is 31.2. The zero-order valence-electron chi connectivity index (χ0n) is 51.4. The number of aliphatic hydroxyl groups excluding tert-OH is 1. The van der Waals surface area contributed by atoms with Crippen LogP contribution in [0.5, 0.6) is 0 Å². The van der Waals surface area contributed by atoms with Gasteiger partial charge in [-0.2, -0.15) is 0 Å². The number of unbranched alkanes of at least 4 members (excludes halogenated alkanes) is 29. The van der Waals surface area contributed by atoms with Gasteiger partial charge in [-0.15, -0.1) is 0 Å². The van der Waals surface area contributed by atoms with Gasteiger partial charge >= 0.3 is 39.5 Å². The van der Waals surface area contributed by atoms with Gasteiger partial charge in [0.1, 0.15) is 19.3 Å². The van der Waals surface area contributed by atoms with Gasteiger partial charge in [0.2, 0.25) is 0 Å². The lowest BCUT2D eigenvalue weighted by molar-refractivity contribution is -0.161. The van der Waals surface area contributed by atoms with E-state index in [9.17, 15) is 43.2 Å². The molecule has 17 nitrogen and oxygen atoms in total. The van der Waals surface area contributed by atoms with Crippen molar-refractivity contribution in [2.75, 3.05) is 39.6 Å². The minimum absolute atomic E-state index is 0.103. The first-order valence-corrected chi connectivity index (χ1v) is 35.0. The van der Waals surface area contributed by atoms with Crippen LogP contribution in [0.3, 0.4) is 0 Å². The number of esters is 4. The topological polar surface area (TPSA) is 237 Å². The summed E-state index contributed by atoms with van der Waals surface area (Å²) in [6, 6.07) is 0. The van der Waals surface area contributed by atoms with Gasteiger partial charge in [-0.1, -0.05) is 247 Å². The summed E-state index contributed by atoms with van der Waals surface area (Å²) < 4.78 is 67.7. The molecule has 0 aliphatic heterocycles. The molecule has 6 atom stereocenters. The highest BCUT2D eigenvalue weighted by molar-refractivity contribution is 7.47. The van der Waals surface area contributed by atoms with Gasteiger partial charge in [-0.05, 0) is 37.5 Å². The predicted octanol–water partition coefficient (Wildman–Crippen LogP) is 16.5. The van der Waals surface area contributed by atoms with Gasteiger partial charge in [0, 0.05) is 25.7 Å². The van der Waals surface area contributed by atoms with Crippen molar-refractivity contribution in [3.63, 3.8) is 0 Å². The van der Waals surface area contributed by atoms with Gasteiger partial charge in [-0.3, -0.25) is 37.3 Å². The molecule has 0 bridgehead atoms. The summed E-state index contributed by atoms with van der Waals surface area (Å²) in [5.74, 6) is -0.604. The normalized spacial score (nSPS) is 14.7. The summed E-state index contributed by atoms with van der Waals surface area (Å²) in [5, 5.41) is 10.5. The summed E-state index contributed by atoms with van der Waals surface area (Å²) in [5.41, 5.74) is 0. The SMILES string of the molecule is CCCCCCCCCC(=O)OC[C@H](COP(=O)(O)OC[C@H](O)COP(=O)(O)OC[C@@H](COC(=O)CCCCCCCCCCC(C)CC)OC(=O)CCCCCCCCCCCCCC(C)C)OC(=O)CCCCCCCCC. The van der Waals surface area contributed by atoms with Crippen LogP contribution < -0.4 is 0 Å². The van der Waals surface area contributed by atoms with Crippen molar-refractivity contribution in [2.45, 2.75) is 317 Å². The highest BCUT2D eigenvalue weighted by Crippen LogP contribution is 2.45. The van der Waals surface area contributed by atoms with E-state index in [4.69, 9.17) is 37.0 Å². The van der Waals surface area contributed by atoms with E-state index in [0.29, 0.717) is 25.7 Å². The maximum Gasteiger partial charge on any atom is 0.472 e. The molecule has 0 aromatic heterocycles. The Labute approximate surface area is 486 Å². The van der Waals surface area contributed by atoms with Crippen molar-refractivity contribution in [1.29, 1.82) is 0 Å². The number of phosphoric acid groups is 2. The van der Waals surface area contributed by atoms with Crippen molar-refractivity contribution in [2.24, 2.45) is 11.8 Å². The molecule has 0 fully saturated rings. The number of carbonyl (C=O) groups excluding carboxylic acids is 4. The monoisotopic (exact) mass is 1180 g/mol. The van der Waals surface area contributed by atoms with Crippen molar-refractivity contribution < 1.29 is 80.2 Å². The third kappa shape index (κ3) is 54.0. The fourth-order valence-corrected chi connectivity index (χ4v) is 10.5. The highest BCUT2D eigenvalue weighted by Gasteiger charge is 2.30. The Bertz CT molecular complexity index is 1580. The van der Waals surface area contributed by atoms with Crippen LogP contribution in [0.25, 0.3) is 0 Å². The minimum atomic E-state index is -4.94. The molecule has 474 valence electrons. The van der Waals surface area contributed by atoms with Crippen molar-refractivity contribution in [1.82, 2.24) is 0 Å². The first kappa shape index (κ1) is 78.1. The molecule has 0 spiro atoms. The van der Waals surface area contributed by atoms with Crippen LogP contribution in [0.15, 0.2) is 0 Å². The van der Waals surface area contributed by atoms with E-state index in [1.54, 1.807) is 0 Å². The maximum absolute atomic E-state index is 12.9. The average Bonchev–Trinajstić information content (AvgIpc) is 3.42. The molecule has 0 saturated carbocycles. The van der Waals surface area contributed by atoms with Crippen molar-refractivity contribution >= 4 is 39.5 Å². The van der Waals surface area contributed by atoms with Gasteiger partial charge in [-0.25, -0.2) is 9.13 Å². The Kier molecular flexibility index (Phi) is 52.5. The zero-order valence-corrected chi connectivity index (χ0v) is 53.2. The third-order valence-electron chi connectivity index (χ3n) is 14.3. The summed E-state index contributed by atoms with van der Waals surface area (Å²) in [6.07, 6.45) is 35.0. The summed E-state index contributed by atoms with van der Waals surface area (Å²) in [4.78, 5) is 71.8. The minimum Gasteiger partial charge on any atom is -0.462 e. The Morgan fingerprint density at radius 3 is 0.950 bits per heavy atom. The third-order valence-corrected chi connectivity index (χ3v) is 16.2. The summed E-state index contributed by atoms with van der Waals surface area (Å²) in [6.45, 7) is 9.39. The second-order valence-corrected chi connectivity index (χ2v) is 25.7. The zero-order chi connectivity index (χ0) is 59.4.